The van der Waals surface area contributed by atoms with Crippen LogP contribution in [0.2, 0.25) is 0 Å². The van der Waals surface area contributed by atoms with Crippen LogP contribution in [0.4, 0.5) is 0 Å². The highest BCUT2D eigenvalue weighted by Crippen LogP contribution is 2.38. The third-order valence-electron chi connectivity index (χ3n) is 4.51. The van der Waals surface area contributed by atoms with Crippen molar-refractivity contribution in [1.82, 2.24) is 9.78 Å². The fraction of sp³-hybridized carbons (Fsp3) is 0.800. The van der Waals surface area contributed by atoms with Crippen LogP contribution in [0.25, 0.3) is 0 Å². The normalized spacial score (nSPS) is 32.8. The minimum atomic E-state index is -0.258. The van der Waals surface area contributed by atoms with E-state index in [9.17, 15) is 5.11 Å². The number of hydrogen-bond acceptors (Lipinski definition) is 2. The van der Waals surface area contributed by atoms with Crippen LogP contribution in [-0.4, -0.2) is 21.0 Å². The summed E-state index contributed by atoms with van der Waals surface area (Å²) >= 11 is 0. The minimum Gasteiger partial charge on any atom is -0.391 e. The van der Waals surface area contributed by atoms with Crippen LogP contribution >= 0.6 is 0 Å². The van der Waals surface area contributed by atoms with E-state index in [0.29, 0.717) is 11.8 Å². The molecule has 1 N–H and O–H groups in total. The van der Waals surface area contributed by atoms with Gasteiger partial charge in [0, 0.05) is 5.69 Å². The van der Waals surface area contributed by atoms with Gasteiger partial charge in [0.15, 0.2) is 0 Å². The van der Waals surface area contributed by atoms with Crippen molar-refractivity contribution < 1.29 is 5.11 Å². The third-order valence-corrected chi connectivity index (χ3v) is 4.51. The highest BCUT2D eigenvalue weighted by atomic mass is 16.3. The molecule has 3 heteroatoms. The minimum absolute atomic E-state index is 0.153. The lowest BCUT2D eigenvalue weighted by atomic mass is 9.78. The Labute approximate surface area is 110 Å². The van der Waals surface area contributed by atoms with Gasteiger partial charge in [-0.1, -0.05) is 20.8 Å². The van der Waals surface area contributed by atoms with Crippen LogP contribution in [0.1, 0.15) is 56.6 Å². The molecule has 0 amide bonds. The number of nitrogens with zero attached hydrogens (tertiary/aromatic N) is 2. The molecular formula is C15H26N2O. The van der Waals surface area contributed by atoms with E-state index < -0.39 is 0 Å². The molecule has 4 unspecified atom stereocenters. The zero-order chi connectivity index (χ0) is 13.4. The lowest BCUT2D eigenvalue weighted by molar-refractivity contribution is 0.0167. The Kier molecular flexibility index (Phi) is 3.81. The fourth-order valence-electron chi connectivity index (χ4n) is 3.70. The number of aryl methyl sites for hydroxylation is 1. The van der Waals surface area contributed by atoms with Gasteiger partial charge in [0.25, 0.3) is 0 Å². The smallest absolute Gasteiger partial charge is 0.0806 e. The van der Waals surface area contributed by atoms with E-state index in [1.807, 2.05) is 0 Å². The summed E-state index contributed by atoms with van der Waals surface area (Å²) in [5, 5.41) is 15.1. The molecule has 3 nitrogen and oxygen atoms in total. The van der Waals surface area contributed by atoms with Crippen molar-refractivity contribution in [2.45, 2.75) is 66.0 Å². The Morgan fingerprint density at radius 3 is 2.44 bits per heavy atom. The van der Waals surface area contributed by atoms with Crippen molar-refractivity contribution in [2.24, 2.45) is 11.8 Å². The van der Waals surface area contributed by atoms with Crippen LogP contribution in [0.5, 0.6) is 0 Å². The molecule has 0 radical (unpaired) electrons. The molecule has 4 atom stereocenters. The zero-order valence-electron chi connectivity index (χ0n) is 12.3. The number of hydrogen-bond donors (Lipinski definition) is 1. The first-order chi connectivity index (χ1) is 8.45. The van der Waals surface area contributed by atoms with Crippen molar-refractivity contribution in [3.63, 3.8) is 0 Å². The van der Waals surface area contributed by atoms with Gasteiger partial charge in [0.05, 0.1) is 17.8 Å². The van der Waals surface area contributed by atoms with E-state index in [-0.39, 0.29) is 12.1 Å². The molecule has 1 aliphatic carbocycles. The van der Waals surface area contributed by atoms with Crippen LogP contribution < -0.4 is 0 Å². The predicted octanol–water partition coefficient (Wildman–Crippen LogP) is 3.03. The molecule has 102 valence electrons. The Balaban J connectivity index is 2.36. The lowest BCUT2D eigenvalue weighted by Crippen LogP contribution is -2.37. The molecule has 1 heterocycles. The Morgan fingerprint density at radius 1 is 1.28 bits per heavy atom. The van der Waals surface area contributed by atoms with Gasteiger partial charge in [0.1, 0.15) is 0 Å². The number of rotatable bonds is 2. The fourth-order valence-corrected chi connectivity index (χ4v) is 3.70. The molecule has 1 saturated carbocycles. The summed E-state index contributed by atoms with van der Waals surface area (Å²) in [5.41, 5.74) is 3.70. The third kappa shape index (κ3) is 2.20. The van der Waals surface area contributed by atoms with Gasteiger partial charge >= 0.3 is 0 Å². The van der Waals surface area contributed by atoms with Gasteiger partial charge in [-0.05, 0) is 50.5 Å². The first kappa shape index (κ1) is 13.6. The topological polar surface area (TPSA) is 38.0 Å². The maximum absolute atomic E-state index is 10.4. The summed E-state index contributed by atoms with van der Waals surface area (Å²) < 4.78 is 2.09. The van der Waals surface area contributed by atoms with Gasteiger partial charge in [-0.25, -0.2) is 0 Å². The molecular weight excluding hydrogens is 224 g/mol. The molecule has 1 fully saturated rings. The second-order valence-electron chi connectivity index (χ2n) is 6.06. The van der Waals surface area contributed by atoms with Gasteiger partial charge < -0.3 is 5.11 Å². The molecule has 1 aromatic heterocycles. The Hall–Kier alpha value is -0.830. The predicted molar refractivity (Wildman–Crippen MR) is 73.7 cm³/mol. The summed E-state index contributed by atoms with van der Waals surface area (Å²) in [7, 11) is 0. The summed E-state index contributed by atoms with van der Waals surface area (Å²) in [5.74, 6) is 1.11. The molecule has 1 aromatic rings. The zero-order valence-corrected chi connectivity index (χ0v) is 12.3. The van der Waals surface area contributed by atoms with E-state index in [2.05, 4.69) is 44.4 Å². The van der Waals surface area contributed by atoms with Crippen molar-refractivity contribution in [3.05, 3.63) is 17.0 Å². The summed E-state index contributed by atoms with van der Waals surface area (Å²) in [6.45, 7) is 10.9. The summed E-state index contributed by atoms with van der Waals surface area (Å²) in [6, 6.07) is 0.153. The lowest BCUT2D eigenvalue weighted by Gasteiger charge is -2.37. The highest BCUT2D eigenvalue weighted by Gasteiger charge is 2.35. The van der Waals surface area contributed by atoms with Crippen LogP contribution in [0, 0.1) is 25.7 Å². The Bertz CT molecular complexity index is 412. The standard InChI is InChI=1S/C15H26N2O/c1-6-13-11(4)16-17(12(13)5)15-10(3)7-9(2)8-14(15)18/h9-10,14-15,18H,6-8H2,1-5H3. The van der Waals surface area contributed by atoms with Gasteiger partial charge in [0.2, 0.25) is 0 Å². The monoisotopic (exact) mass is 250 g/mol. The molecule has 0 aliphatic heterocycles. The van der Waals surface area contributed by atoms with Gasteiger partial charge in [-0.3, -0.25) is 4.68 Å². The van der Waals surface area contributed by atoms with E-state index in [1.54, 1.807) is 0 Å². The van der Waals surface area contributed by atoms with E-state index in [1.165, 1.54) is 17.7 Å². The molecule has 18 heavy (non-hydrogen) atoms. The molecule has 0 spiro atoms. The maximum Gasteiger partial charge on any atom is 0.0806 e. The maximum atomic E-state index is 10.4. The molecule has 1 aliphatic rings. The molecule has 0 saturated heterocycles. The molecule has 0 aromatic carbocycles. The Morgan fingerprint density at radius 2 is 1.94 bits per heavy atom. The van der Waals surface area contributed by atoms with Crippen LogP contribution in [-0.2, 0) is 6.42 Å². The van der Waals surface area contributed by atoms with Crippen molar-refractivity contribution in [3.8, 4) is 0 Å². The molecule has 2 rings (SSSR count). The highest BCUT2D eigenvalue weighted by molar-refractivity contribution is 5.25. The van der Waals surface area contributed by atoms with Crippen molar-refractivity contribution in [1.29, 1.82) is 0 Å². The van der Waals surface area contributed by atoms with Gasteiger partial charge in [-0.2, -0.15) is 5.10 Å². The molecule has 0 bridgehead atoms. The van der Waals surface area contributed by atoms with E-state index in [4.69, 9.17) is 0 Å². The first-order valence-corrected chi connectivity index (χ1v) is 7.18. The number of aliphatic hydroxyl groups is 1. The van der Waals surface area contributed by atoms with E-state index in [0.717, 1.165) is 18.5 Å². The second kappa shape index (κ2) is 5.04. The summed E-state index contributed by atoms with van der Waals surface area (Å²) in [4.78, 5) is 0. The van der Waals surface area contributed by atoms with Gasteiger partial charge in [-0.15, -0.1) is 0 Å². The second-order valence-corrected chi connectivity index (χ2v) is 6.06. The SMILES string of the molecule is CCc1c(C)nn(C2C(C)CC(C)CC2O)c1C. The van der Waals surface area contributed by atoms with Crippen LogP contribution in [0.15, 0.2) is 0 Å². The average Bonchev–Trinajstić information content (AvgIpc) is 2.53. The van der Waals surface area contributed by atoms with Crippen LogP contribution in [0.3, 0.4) is 0 Å². The quantitative estimate of drug-likeness (QED) is 0.876. The van der Waals surface area contributed by atoms with Crippen molar-refractivity contribution >= 4 is 0 Å². The number of aliphatic hydroxyl groups excluding tert-OH is 1. The largest absolute Gasteiger partial charge is 0.391 e. The first-order valence-electron chi connectivity index (χ1n) is 7.18. The van der Waals surface area contributed by atoms with E-state index >= 15 is 0 Å². The average molecular weight is 250 g/mol. The number of aromatic nitrogens is 2. The van der Waals surface area contributed by atoms with Crippen molar-refractivity contribution in [2.75, 3.05) is 0 Å². The summed E-state index contributed by atoms with van der Waals surface area (Å²) in [6.07, 6.45) is 2.84.